The predicted molar refractivity (Wildman–Crippen MR) is 84.3 cm³/mol. The zero-order chi connectivity index (χ0) is 14.3. The SMILES string of the molecule is c1ccc(CO[C@H]2CCCC[C@H]2NC2CCOCC2)cc1. The Morgan fingerprint density at radius 1 is 1.00 bits per heavy atom. The second-order valence-electron chi connectivity index (χ2n) is 6.28. The summed E-state index contributed by atoms with van der Waals surface area (Å²) in [5, 5.41) is 3.84. The van der Waals surface area contributed by atoms with E-state index in [1.807, 2.05) is 0 Å². The molecule has 3 rings (SSSR count). The van der Waals surface area contributed by atoms with Gasteiger partial charge in [-0.15, -0.1) is 0 Å². The summed E-state index contributed by atoms with van der Waals surface area (Å²) in [6.07, 6.45) is 7.70. The first-order chi connectivity index (χ1) is 10.4. The second-order valence-corrected chi connectivity index (χ2v) is 6.28. The Morgan fingerprint density at radius 2 is 1.76 bits per heavy atom. The maximum atomic E-state index is 6.23. The summed E-state index contributed by atoms with van der Waals surface area (Å²) in [6.45, 7) is 2.54. The van der Waals surface area contributed by atoms with E-state index in [1.165, 1.54) is 31.2 Å². The van der Waals surface area contributed by atoms with Crippen molar-refractivity contribution in [3.8, 4) is 0 Å². The van der Waals surface area contributed by atoms with Crippen molar-refractivity contribution in [2.45, 2.75) is 63.3 Å². The fraction of sp³-hybridized carbons (Fsp3) is 0.667. The smallest absolute Gasteiger partial charge is 0.0732 e. The summed E-state index contributed by atoms with van der Waals surface area (Å²) in [7, 11) is 0. The number of benzene rings is 1. The Kier molecular flexibility index (Phi) is 5.67. The molecule has 1 heterocycles. The Bertz CT molecular complexity index is 403. The molecule has 1 aliphatic carbocycles. The first kappa shape index (κ1) is 15.0. The normalized spacial score (nSPS) is 27.6. The van der Waals surface area contributed by atoms with Crippen LogP contribution in [0.3, 0.4) is 0 Å². The zero-order valence-corrected chi connectivity index (χ0v) is 12.8. The van der Waals surface area contributed by atoms with Crippen LogP contribution in [0.2, 0.25) is 0 Å². The van der Waals surface area contributed by atoms with Crippen molar-refractivity contribution < 1.29 is 9.47 Å². The highest BCUT2D eigenvalue weighted by molar-refractivity contribution is 5.13. The van der Waals surface area contributed by atoms with Crippen LogP contribution in [0.15, 0.2) is 30.3 Å². The Labute approximate surface area is 128 Å². The van der Waals surface area contributed by atoms with Gasteiger partial charge in [-0.3, -0.25) is 0 Å². The molecule has 0 aromatic heterocycles. The number of rotatable bonds is 5. The van der Waals surface area contributed by atoms with Crippen LogP contribution in [0, 0.1) is 0 Å². The van der Waals surface area contributed by atoms with Crippen molar-refractivity contribution in [3.63, 3.8) is 0 Å². The summed E-state index contributed by atoms with van der Waals surface area (Å²) in [4.78, 5) is 0. The lowest BCUT2D eigenvalue weighted by Crippen LogP contribution is -2.49. The third-order valence-corrected chi connectivity index (χ3v) is 4.68. The van der Waals surface area contributed by atoms with Crippen LogP contribution in [0.4, 0.5) is 0 Å². The minimum Gasteiger partial charge on any atom is -0.381 e. The highest BCUT2D eigenvalue weighted by Gasteiger charge is 2.28. The topological polar surface area (TPSA) is 30.5 Å². The molecule has 0 spiro atoms. The van der Waals surface area contributed by atoms with Crippen LogP contribution >= 0.6 is 0 Å². The van der Waals surface area contributed by atoms with Gasteiger partial charge in [-0.25, -0.2) is 0 Å². The largest absolute Gasteiger partial charge is 0.381 e. The quantitative estimate of drug-likeness (QED) is 0.902. The lowest BCUT2D eigenvalue weighted by Gasteiger charge is -2.36. The van der Waals surface area contributed by atoms with Crippen molar-refractivity contribution >= 4 is 0 Å². The van der Waals surface area contributed by atoms with Crippen LogP contribution in [0.25, 0.3) is 0 Å². The van der Waals surface area contributed by atoms with Gasteiger partial charge in [0, 0.05) is 25.3 Å². The molecule has 1 saturated heterocycles. The molecule has 0 bridgehead atoms. The predicted octanol–water partition coefficient (Wildman–Crippen LogP) is 3.28. The Balaban J connectivity index is 1.51. The molecule has 1 saturated carbocycles. The van der Waals surface area contributed by atoms with Gasteiger partial charge in [-0.1, -0.05) is 43.2 Å². The third-order valence-electron chi connectivity index (χ3n) is 4.68. The van der Waals surface area contributed by atoms with Gasteiger partial charge in [0.15, 0.2) is 0 Å². The molecule has 2 aliphatic rings. The van der Waals surface area contributed by atoms with E-state index in [0.29, 0.717) is 18.2 Å². The number of hydrogen-bond donors (Lipinski definition) is 1. The van der Waals surface area contributed by atoms with Gasteiger partial charge in [0.05, 0.1) is 12.7 Å². The third kappa shape index (κ3) is 4.53. The zero-order valence-electron chi connectivity index (χ0n) is 12.8. The summed E-state index contributed by atoms with van der Waals surface area (Å²) < 4.78 is 11.7. The summed E-state index contributed by atoms with van der Waals surface area (Å²) in [5.74, 6) is 0. The molecule has 1 aromatic carbocycles. The van der Waals surface area contributed by atoms with Crippen LogP contribution in [-0.4, -0.2) is 31.4 Å². The van der Waals surface area contributed by atoms with E-state index in [2.05, 4.69) is 35.6 Å². The van der Waals surface area contributed by atoms with E-state index in [4.69, 9.17) is 9.47 Å². The standard InChI is InChI=1S/C18H27NO2/c1-2-6-15(7-3-1)14-21-18-9-5-4-8-17(18)19-16-10-12-20-13-11-16/h1-3,6-7,16-19H,4-5,8-14H2/t17-,18+/m1/s1. The monoisotopic (exact) mass is 289 g/mol. The number of ether oxygens (including phenoxy) is 2. The highest BCUT2D eigenvalue weighted by atomic mass is 16.5. The van der Waals surface area contributed by atoms with E-state index in [1.54, 1.807) is 0 Å². The van der Waals surface area contributed by atoms with Gasteiger partial charge in [0.1, 0.15) is 0 Å². The molecule has 3 heteroatoms. The molecule has 21 heavy (non-hydrogen) atoms. The molecule has 0 unspecified atom stereocenters. The number of nitrogens with one attached hydrogen (secondary N) is 1. The number of hydrogen-bond acceptors (Lipinski definition) is 3. The van der Waals surface area contributed by atoms with Crippen molar-refractivity contribution in [1.82, 2.24) is 5.32 Å². The summed E-state index contributed by atoms with van der Waals surface area (Å²) in [6, 6.07) is 11.6. The lowest BCUT2D eigenvalue weighted by atomic mass is 9.91. The minimum atomic E-state index is 0.363. The fourth-order valence-electron chi connectivity index (χ4n) is 3.43. The minimum absolute atomic E-state index is 0.363. The van der Waals surface area contributed by atoms with Gasteiger partial charge in [0.2, 0.25) is 0 Å². The lowest BCUT2D eigenvalue weighted by molar-refractivity contribution is -0.0143. The van der Waals surface area contributed by atoms with E-state index >= 15 is 0 Å². The van der Waals surface area contributed by atoms with Gasteiger partial charge in [-0.05, 0) is 31.2 Å². The van der Waals surface area contributed by atoms with Crippen molar-refractivity contribution in [2.75, 3.05) is 13.2 Å². The van der Waals surface area contributed by atoms with Gasteiger partial charge in [0.25, 0.3) is 0 Å². The molecule has 3 nitrogen and oxygen atoms in total. The first-order valence-corrected chi connectivity index (χ1v) is 8.41. The maximum absolute atomic E-state index is 6.23. The Hall–Kier alpha value is -0.900. The van der Waals surface area contributed by atoms with E-state index < -0.39 is 0 Å². The molecule has 1 N–H and O–H groups in total. The van der Waals surface area contributed by atoms with Crippen LogP contribution in [0.5, 0.6) is 0 Å². The molecule has 2 fully saturated rings. The van der Waals surface area contributed by atoms with Crippen molar-refractivity contribution in [1.29, 1.82) is 0 Å². The van der Waals surface area contributed by atoms with Gasteiger partial charge < -0.3 is 14.8 Å². The molecule has 0 amide bonds. The fourth-order valence-corrected chi connectivity index (χ4v) is 3.43. The van der Waals surface area contributed by atoms with Crippen LogP contribution < -0.4 is 5.32 Å². The summed E-state index contributed by atoms with van der Waals surface area (Å²) >= 11 is 0. The van der Waals surface area contributed by atoms with E-state index in [0.717, 1.165) is 32.7 Å². The summed E-state index contributed by atoms with van der Waals surface area (Å²) in [5.41, 5.74) is 1.27. The van der Waals surface area contributed by atoms with Crippen LogP contribution in [0.1, 0.15) is 44.1 Å². The first-order valence-electron chi connectivity index (χ1n) is 8.41. The Morgan fingerprint density at radius 3 is 2.57 bits per heavy atom. The highest BCUT2D eigenvalue weighted by Crippen LogP contribution is 2.24. The van der Waals surface area contributed by atoms with E-state index in [9.17, 15) is 0 Å². The molecular weight excluding hydrogens is 262 g/mol. The van der Waals surface area contributed by atoms with Gasteiger partial charge >= 0.3 is 0 Å². The molecule has 1 aliphatic heterocycles. The average molecular weight is 289 g/mol. The molecule has 2 atom stereocenters. The molecular formula is C18H27NO2. The maximum Gasteiger partial charge on any atom is 0.0732 e. The van der Waals surface area contributed by atoms with Crippen LogP contribution in [-0.2, 0) is 16.1 Å². The van der Waals surface area contributed by atoms with Crippen molar-refractivity contribution in [3.05, 3.63) is 35.9 Å². The average Bonchev–Trinajstić information content (AvgIpc) is 2.56. The van der Waals surface area contributed by atoms with Crippen molar-refractivity contribution in [2.24, 2.45) is 0 Å². The molecule has 1 aromatic rings. The second kappa shape index (κ2) is 7.92. The molecule has 0 radical (unpaired) electrons. The van der Waals surface area contributed by atoms with E-state index in [-0.39, 0.29) is 0 Å². The molecule has 116 valence electrons. The van der Waals surface area contributed by atoms with Gasteiger partial charge in [-0.2, -0.15) is 0 Å².